The molecule has 0 bridgehead atoms. The molecule has 1 aromatic carbocycles. The van der Waals surface area contributed by atoms with E-state index in [9.17, 15) is 4.79 Å². The van der Waals surface area contributed by atoms with Crippen molar-refractivity contribution in [1.82, 2.24) is 5.32 Å². The van der Waals surface area contributed by atoms with Gasteiger partial charge in [0.05, 0.1) is 0 Å². The maximum absolute atomic E-state index is 11.0. The van der Waals surface area contributed by atoms with Crippen LogP contribution >= 0.6 is 0 Å². The van der Waals surface area contributed by atoms with Crippen LogP contribution in [0.5, 0.6) is 0 Å². The molecule has 3 heteroatoms. The molecule has 0 aliphatic carbocycles. The summed E-state index contributed by atoms with van der Waals surface area (Å²) in [6.45, 7) is 1.94. The molecule has 0 radical (unpaired) electrons. The molecular weight excluding hydrogens is 152 g/mol. The first-order valence-electron chi connectivity index (χ1n) is 3.50. The molecule has 0 fully saturated rings. The Hall–Kier alpha value is -1.82. The second-order valence-electron chi connectivity index (χ2n) is 2.43. The second kappa shape index (κ2) is 3.54. The molecule has 0 aromatic heterocycles. The van der Waals surface area contributed by atoms with Gasteiger partial charge in [-0.15, -0.1) is 0 Å². The number of hydrogen-bond donors (Lipinski definition) is 1. The minimum Gasteiger partial charge on any atom is -0.268 e. The molecule has 0 saturated carbocycles. The number of carbonyl (C=O) groups is 1. The zero-order valence-electron chi connectivity index (χ0n) is 6.66. The molecule has 0 spiro atoms. The summed E-state index contributed by atoms with van der Waals surface area (Å²) in [5, 5.41) is 10.2. The Balaban J connectivity index is 2.84. The fraction of sp³-hybridized carbons (Fsp3) is 0.111. The van der Waals surface area contributed by atoms with Crippen LogP contribution in [0.4, 0.5) is 0 Å². The van der Waals surface area contributed by atoms with Crippen LogP contribution in [-0.2, 0) is 0 Å². The first-order valence-corrected chi connectivity index (χ1v) is 3.50. The van der Waals surface area contributed by atoms with E-state index >= 15 is 0 Å². The van der Waals surface area contributed by atoms with Gasteiger partial charge in [-0.05, 0) is 19.1 Å². The summed E-state index contributed by atoms with van der Waals surface area (Å²) in [5.41, 5.74) is 1.59. The fourth-order valence-corrected chi connectivity index (χ4v) is 0.828. The number of benzene rings is 1. The highest BCUT2D eigenvalue weighted by atomic mass is 16.1. The third-order valence-corrected chi connectivity index (χ3v) is 1.48. The van der Waals surface area contributed by atoms with E-state index in [2.05, 4.69) is 0 Å². The van der Waals surface area contributed by atoms with Crippen molar-refractivity contribution in [2.75, 3.05) is 0 Å². The molecule has 0 atom stereocenters. The Morgan fingerprint density at radius 3 is 2.50 bits per heavy atom. The zero-order valence-corrected chi connectivity index (χ0v) is 6.66. The van der Waals surface area contributed by atoms with Gasteiger partial charge < -0.3 is 0 Å². The maximum Gasteiger partial charge on any atom is 0.264 e. The van der Waals surface area contributed by atoms with Gasteiger partial charge in [0.15, 0.2) is 6.19 Å². The highest BCUT2D eigenvalue weighted by Crippen LogP contribution is 2.02. The van der Waals surface area contributed by atoms with E-state index in [0.717, 1.165) is 5.56 Å². The number of aryl methyl sites for hydroxylation is 1. The molecule has 0 saturated heterocycles. The summed E-state index contributed by atoms with van der Waals surface area (Å²) in [5.74, 6) is -0.363. The number of nitrogens with one attached hydrogen (secondary N) is 1. The van der Waals surface area contributed by atoms with Crippen LogP contribution in [0.25, 0.3) is 0 Å². The Morgan fingerprint density at radius 1 is 1.42 bits per heavy atom. The average molecular weight is 160 g/mol. The van der Waals surface area contributed by atoms with Crippen molar-refractivity contribution in [2.24, 2.45) is 0 Å². The monoisotopic (exact) mass is 160 g/mol. The number of amides is 1. The van der Waals surface area contributed by atoms with Gasteiger partial charge in [-0.25, -0.2) is 0 Å². The van der Waals surface area contributed by atoms with Crippen LogP contribution < -0.4 is 5.32 Å². The van der Waals surface area contributed by atoms with Gasteiger partial charge in [-0.2, -0.15) is 5.26 Å². The van der Waals surface area contributed by atoms with E-state index in [4.69, 9.17) is 5.26 Å². The van der Waals surface area contributed by atoms with Gasteiger partial charge in [-0.3, -0.25) is 10.1 Å². The summed E-state index contributed by atoms with van der Waals surface area (Å²) in [6.07, 6.45) is 1.58. The molecule has 0 unspecified atom stereocenters. The van der Waals surface area contributed by atoms with E-state index in [1.165, 1.54) is 0 Å². The largest absolute Gasteiger partial charge is 0.268 e. The summed E-state index contributed by atoms with van der Waals surface area (Å²) >= 11 is 0. The Morgan fingerprint density at radius 2 is 2.00 bits per heavy atom. The van der Waals surface area contributed by atoms with Gasteiger partial charge >= 0.3 is 0 Å². The molecule has 0 aliphatic rings. The average Bonchev–Trinajstić information content (AvgIpc) is 2.06. The molecule has 1 N–H and O–H groups in total. The van der Waals surface area contributed by atoms with E-state index in [1.807, 2.05) is 24.4 Å². The number of nitriles is 1. The normalized spacial score (nSPS) is 8.67. The highest BCUT2D eigenvalue weighted by Gasteiger charge is 2.01. The van der Waals surface area contributed by atoms with Crippen LogP contribution in [0.1, 0.15) is 15.9 Å². The molecule has 60 valence electrons. The molecule has 0 heterocycles. The highest BCUT2D eigenvalue weighted by molar-refractivity contribution is 5.95. The number of rotatable bonds is 1. The number of nitrogens with zero attached hydrogens (tertiary/aromatic N) is 1. The lowest BCUT2D eigenvalue weighted by molar-refractivity contribution is 0.0973. The third-order valence-electron chi connectivity index (χ3n) is 1.48. The van der Waals surface area contributed by atoms with Crippen molar-refractivity contribution in [3.63, 3.8) is 0 Å². The Kier molecular flexibility index (Phi) is 2.44. The van der Waals surface area contributed by atoms with Crippen LogP contribution in [0.3, 0.4) is 0 Å². The predicted molar refractivity (Wildman–Crippen MR) is 44.3 cm³/mol. The molecule has 1 rings (SSSR count). The minimum absolute atomic E-state index is 0.363. The minimum atomic E-state index is -0.363. The Bertz CT molecular complexity index is 321. The van der Waals surface area contributed by atoms with Crippen LogP contribution in [0.15, 0.2) is 24.3 Å². The fourth-order valence-electron chi connectivity index (χ4n) is 0.828. The van der Waals surface area contributed by atoms with Crippen molar-refractivity contribution in [3.05, 3.63) is 35.4 Å². The summed E-state index contributed by atoms with van der Waals surface area (Å²) in [7, 11) is 0. The van der Waals surface area contributed by atoms with Gasteiger partial charge in [0.1, 0.15) is 0 Å². The lowest BCUT2D eigenvalue weighted by atomic mass is 10.1. The van der Waals surface area contributed by atoms with Crippen LogP contribution in [-0.4, -0.2) is 5.91 Å². The van der Waals surface area contributed by atoms with Crippen LogP contribution in [0.2, 0.25) is 0 Å². The van der Waals surface area contributed by atoms with Crippen molar-refractivity contribution >= 4 is 5.91 Å². The standard InChI is InChI=1S/C9H8N2O/c1-7-2-4-8(5-3-7)9(12)11-6-10/h2-5H,1H3,(H,11,12). The summed E-state index contributed by atoms with van der Waals surface area (Å²) < 4.78 is 0. The second-order valence-corrected chi connectivity index (χ2v) is 2.43. The van der Waals surface area contributed by atoms with Gasteiger partial charge in [0, 0.05) is 5.56 Å². The molecular formula is C9H8N2O. The molecule has 12 heavy (non-hydrogen) atoms. The SMILES string of the molecule is Cc1ccc(C(=O)NC#N)cc1. The van der Waals surface area contributed by atoms with E-state index in [1.54, 1.807) is 18.3 Å². The van der Waals surface area contributed by atoms with E-state index in [0.29, 0.717) is 5.56 Å². The van der Waals surface area contributed by atoms with Gasteiger partial charge in [-0.1, -0.05) is 17.7 Å². The first kappa shape index (κ1) is 8.28. The molecule has 1 amide bonds. The maximum atomic E-state index is 11.0. The molecule has 1 aromatic rings. The van der Waals surface area contributed by atoms with E-state index < -0.39 is 0 Å². The summed E-state index contributed by atoms with van der Waals surface area (Å²) in [4.78, 5) is 11.0. The van der Waals surface area contributed by atoms with Crippen molar-refractivity contribution in [2.45, 2.75) is 6.92 Å². The first-order chi connectivity index (χ1) is 5.74. The van der Waals surface area contributed by atoms with Crippen molar-refractivity contribution < 1.29 is 4.79 Å². The smallest absolute Gasteiger partial charge is 0.264 e. The predicted octanol–water partition coefficient (Wildman–Crippen LogP) is 1.21. The van der Waals surface area contributed by atoms with Crippen molar-refractivity contribution in [1.29, 1.82) is 5.26 Å². The molecule has 3 nitrogen and oxygen atoms in total. The number of hydrogen-bond acceptors (Lipinski definition) is 2. The third kappa shape index (κ3) is 1.83. The quantitative estimate of drug-likeness (QED) is 0.495. The topological polar surface area (TPSA) is 52.9 Å². The van der Waals surface area contributed by atoms with Gasteiger partial charge in [0.25, 0.3) is 5.91 Å². The van der Waals surface area contributed by atoms with Crippen molar-refractivity contribution in [3.8, 4) is 6.19 Å². The lowest BCUT2D eigenvalue weighted by Crippen LogP contribution is -2.16. The van der Waals surface area contributed by atoms with Gasteiger partial charge in [0.2, 0.25) is 0 Å². The summed E-state index contributed by atoms with van der Waals surface area (Å²) in [6, 6.07) is 7.02. The number of carbonyl (C=O) groups excluding carboxylic acids is 1. The van der Waals surface area contributed by atoms with E-state index in [-0.39, 0.29) is 5.91 Å². The van der Waals surface area contributed by atoms with Crippen LogP contribution in [0, 0.1) is 18.4 Å². The lowest BCUT2D eigenvalue weighted by Gasteiger charge is -1.96. The Labute approximate surface area is 70.6 Å². The molecule has 0 aliphatic heterocycles. The zero-order chi connectivity index (χ0) is 8.97.